The smallest absolute Gasteiger partial charge is 0.396 e. The summed E-state index contributed by atoms with van der Waals surface area (Å²) in [7, 11) is -3.24. The third-order valence-electron chi connectivity index (χ3n) is 1.87. The lowest BCUT2D eigenvalue weighted by Gasteiger charge is -2.24. The molecule has 0 atom stereocenters. The highest BCUT2D eigenvalue weighted by Crippen LogP contribution is 2.28. The van der Waals surface area contributed by atoms with Crippen molar-refractivity contribution < 1.29 is 49.2 Å². The molecule has 0 saturated heterocycles. The largest absolute Gasteiger partial charge is 0.514 e. The number of alkyl halides is 6. The van der Waals surface area contributed by atoms with Crippen LogP contribution in [0.25, 0.3) is 0 Å². The Kier molecular flexibility index (Phi) is 9.29. The Hall–Kier alpha value is -0.186. The topological polar surface area (TPSA) is 57.2 Å². The van der Waals surface area contributed by atoms with Crippen LogP contribution in [0.1, 0.15) is 0 Å². The summed E-state index contributed by atoms with van der Waals surface area (Å²) < 4.78 is 85.2. The van der Waals surface area contributed by atoms with Crippen molar-refractivity contribution in [2.24, 2.45) is 0 Å². The molecule has 0 aliphatic carbocycles. The molecule has 0 radical (unpaired) electrons. The van der Waals surface area contributed by atoms with Gasteiger partial charge >= 0.3 is 29.8 Å². The minimum Gasteiger partial charge on any atom is -0.396 e. The van der Waals surface area contributed by atoms with Gasteiger partial charge in [0.25, 0.3) is 0 Å². The first kappa shape index (κ1) is 23.1. The zero-order valence-electron chi connectivity index (χ0n) is 12.1. The van der Waals surface area contributed by atoms with Gasteiger partial charge in [-0.05, 0) is 19.6 Å². The van der Waals surface area contributed by atoms with E-state index in [0.717, 1.165) is 0 Å². The van der Waals surface area contributed by atoms with Gasteiger partial charge in [-0.25, -0.2) is 0 Å². The van der Waals surface area contributed by atoms with Gasteiger partial charge in [0.1, 0.15) is 0 Å². The monoisotopic (exact) mass is 364 g/mol. The molecule has 0 fully saturated rings. The molecule has 0 amide bonds. The van der Waals surface area contributed by atoms with Crippen LogP contribution >= 0.6 is 0 Å². The summed E-state index contributed by atoms with van der Waals surface area (Å²) in [6.45, 7) is 3.09. The SMILES string of the molecule is CO[Si](C)(CO)OC.C[Si](C)(OC(F)(F)F)OC(F)(F)F. The van der Waals surface area contributed by atoms with E-state index in [-0.39, 0.29) is 6.23 Å². The fourth-order valence-electron chi connectivity index (χ4n) is 0.791. The van der Waals surface area contributed by atoms with Crippen molar-refractivity contribution in [3.8, 4) is 0 Å². The molecule has 0 heterocycles. The second-order valence-corrected chi connectivity index (χ2v) is 10.8. The summed E-state index contributed by atoms with van der Waals surface area (Å²) in [6, 6.07) is 0. The number of aliphatic hydroxyl groups excluding tert-OH is 1. The van der Waals surface area contributed by atoms with Gasteiger partial charge in [-0.3, -0.25) is 0 Å². The lowest BCUT2D eigenvalue weighted by Crippen LogP contribution is -2.44. The van der Waals surface area contributed by atoms with Crippen molar-refractivity contribution in [2.75, 3.05) is 20.4 Å². The number of aliphatic hydroxyl groups is 1. The first-order valence-electron chi connectivity index (χ1n) is 5.34. The number of halogens is 6. The fraction of sp³-hybridized carbons (Fsp3) is 1.00. The molecule has 0 unspecified atom stereocenters. The second-order valence-electron chi connectivity index (χ2n) is 4.20. The molecule has 0 aromatic heterocycles. The van der Waals surface area contributed by atoms with Crippen LogP contribution in [0.5, 0.6) is 0 Å². The standard InChI is InChI=1S/C4H6F6O2Si.C4H12O3Si/c1-13(2,11-3(5,6)7)12-4(8,9)10;1-6-8(3,4-5)7-2/h1-2H3;5H,4H2,1-3H3. The van der Waals surface area contributed by atoms with E-state index in [9.17, 15) is 26.3 Å². The third kappa shape index (κ3) is 14.5. The van der Waals surface area contributed by atoms with E-state index in [1.165, 1.54) is 0 Å². The van der Waals surface area contributed by atoms with Crippen molar-refractivity contribution in [3.63, 3.8) is 0 Å². The van der Waals surface area contributed by atoms with Gasteiger partial charge in [-0.2, -0.15) is 0 Å². The van der Waals surface area contributed by atoms with Crippen LogP contribution in [0.4, 0.5) is 26.3 Å². The Morgan fingerprint density at radius 2 is 1.10 bits per heavy atom. The normalized spacial score (nSPS) is 13.7. The van der Waals surface area contributed by atoms with E-state index < -0.39 is 29.8 Å². The lowest BCUT2D eigenvalue weighted by atomic mass is 11.4. The van der Waals surface area contributed by atoms with E-state index in [0.29, 0.717) is 13.1 Å². The minimum absolute atomic E-state index is 0.0139. The summed E-state index contributed by atoms with van der Waals surface area (Å²) in [5.41, 5.74) is 0. The van der Waals surface area contributed by atoms with Crippen LogP contribution in [-0.2, 0) is 17.7 Å². The van der Waals surface area contributed by atoms with Crippen LogP contribution in [0.15, 0.2) is 0 Å². The van der Waals surface area contributed by atoms with Crippen molar-refractivity contribution in [2.45, 2.75) is 32.4 Å². The van der Waals surface area contributed by atoms with E-state index in [4.69, 9.17) is 14.0 Å². The second kappa shape index (κ2) is 8.45. The van der Waals surface area contributed by atoms with Gasteiger partial charge in [0.15, 0.2) is 0 Å². The molecular formula is C8H18F6O5Si2. The molecule has 1 N–H and O–H groups in total. The molecular weight excluding hydrogens is 346 g/mol. The number of hydrogen-bond acceptors (Lipinski definition) is 5. The van der Waals surface area contributed by atoms with Gasteiger partial charge in [0.05, 0.1) is 6.23 Å². The van der Waals surface area contributed by atoms with Crippen LogP contribution in [-0.4, -0.2) is 55.4 Å². The van der Waals surface area contributed by atoms with Gasteiger partial charge in [0, 0.05) is 14.2 Å². The molecule has 0 aliphatic rings. The quantitative estimate of drug-likeness (QED) is 0.600. The lowest BCUT2D eigenvalue weighted by molar-refractivity contribution is -0.321. The Labute approximate surface area is 120 Å². The van der Waals surface area contributed by atoms with E-state index in [1.807, 2.05) is 0 Å². The van der Waals surface area contributed by atoms with Gasteiger partial charge in [-0.1, -0.05) is 0 Å². The Balaban J connectivity index is 0. The molecule has 5 nitrogen and oxygen atoms in total. The average molecular weight is 364 g/mol. The fourth-order valence-corrected chi connectivity index (χ4v) is 2.37. The zero-order valence-corrected chi connectivity index (χ0v) is 14.1. The summed E-state index contributed by atoms with van der Waals surface area (Å²) >= 11 is 0. The minimum atomic E-state index is -5.11. The Morgan fingerprint density at radius 3 is 1.19 bits per heavy atom. The molecule has 13 heteroatoms. The maximum absolute atomic E-state index is 11.5. The number of hydrogen-bond donors (Lipinski definition) is 1. The molecule has 130 valence electrons. The first-order chi connectivity index (χ1) is 9.10. The molecule has 0 saturated carbocycles. The summed E-state index contributed by atoms with van der Waals surface area (Å²) in [4.78, 5) is 0. The maximum Gasteiger partial charge on any atom is 0.514 e. The summed E-state index contributed by atoms with van der Waals surface area (Å²) in [5, 5.41) is 8.60. The molecule has 0 rings (SSSR count). The predicted octanol–water partition coefficient (Wildman–Crippen LogP) is 2.64. The predicted molar refractivity (Wildman–Crippen MR) is 64.5 cm³/mol. The van der Waals surface area contributed by atoms with Crippen molar-refractivity contribution in [1.29, 1.82) is 0 Å². The zero-order chi connectivity index (χ0) is 17.5. The average Bonchev–Trinajstić information content (AvgIpc) is 2.22. The first-order valence-corrected chi connectivity index (χ1v) is 10.7. The van der Waals surface area contributed by atoms with E-state index in [1.54, 1.807) is 20.8 Å². The highest BCUT2D eigenvalue weighted by molar-refractivity contribution is 6.65. The highest BCUT2D eigenvalue weighted by Gasteiger charge is 2.47. The van der Waals surface area contributed by atoms with Crippen molar-refractivity contribution in [3.05, 3.63) is 0 Å². The maximum atomic E-state index is 11.5. The number of rotatable bonds is 5. The highest BCUT2D eigenvalue weighted by atomic mass is 28.4. The van der Waals surface area contributed by atoms with Crippen LogP contribution < -0.4 is 0 Å². The van der Waals surface area contributed by atoms with Crippen LogP contribution in [0, 0.1) is 0 Å². The summed E-state index contributed by atoms with van der Waals surface area (Å²) in [6.07, 6.45) is -10.2. The molecule has 0 aliphatic heterocycles. The van der Waals surface area contributed by atoms with E-state index in [2.05, 4.69) is 8.85 Å². The third-order valence-corrected chi connectivity index (χ3v) is 5.62. The molecule has 0 aromatic rings. The Bertz CT molecular complexity index is 266. The van der Waals surface area contributed by atoms with Gasteiger partial charge < -0.3 is 22.8 Å². The van der Waals surface area contributed by atoms with Crippen molar-refractivity contribution >= 4 is 17.1 Å². The Morgan fingerprint density at radius 1 is 0.810 bits per heavy atom. The summed E-state index contributed by atoms with van der Waals surface area (Å²) in [5.74, 6) is 0. The molecule has 0 aromatic carbocycles. The van der Waals surface area contributed by atoms with Crippen LogP contribution in [0.2, 0.25) is 19.6 Å². The molecule has 21 heavy (non-hydrogen) atoms. The van der Waals surface area contributed by atoms with E-state index >= 15 is 0 Å². The van der Waals surface area contributed by atoms with Gasteiger partial charge in [-0.15, -0.1) is 26.3 Å². The van der Waals surface area contributed by atoms with Crippen molar-refractivity contribution in [1.82, 2.24) is 0 Å². The molecule has 0 bridgehead atoms. The van der Waals surface area contributed by atoms with Gasteiger partial charge in [0.2, 0.25) is 0 Å². The molecule has 0 spiro atoms. The van der Waals surface area contributed by atoms with Crippen LogP contribution in [0.3, 0.4) is 0 Å².